The number of nitrogens with zero attached hydrogens (tertiary/aromatic N) is 3. The van der Waals surface area contributed by atoms with Crippen LogP contribution >= 0.6 is 0 Å². The summed E-state index contributed by atoms with van der Waals surface area (Å²) in [6.45, 7) is 1.91. The van der Waals surface area contributed by atoms with Crippen LogP contribution in [0.25, 0.3) is 0 Å². The van der Waals surface area contributed by atoms with Crippen LogP contribution in [0.4, 0.5) is 27.9 Å². The lowest BCUT2D eigenvalue weighted by Crippen LogP contribution is -2.56. The molecule has 0 radical (unpaired) electrons. The largest absolute Gasteiger partial charge is 0.490 e. The molecule has 1 aliphatic carbocycles. The monoisotopic (exact) mass is 438 g/mol. The van der Waals surface area contributed by atoms with Crippen LogP contribution in [0.5, 0.6) is 0 Å². The van der Waals surface area contributed by atoms with E-state index < -0.39 is 29.5 Å². The van der Waals surface area contributed by atoms with Gasteiger partial charge in [0.05, 0.1) is 18.6 Å². The maximum atomic E-state index is 13.0. The van der Waals surface area contributed by atoms with Gasteiger partial charge in [0.15, 0.2) is 0 Å². The molecule has 1 aromatic heterocycles. The molecule has 2 saturated heterocycles. The van der Waals surface area contributed by atoms with Gasteiger partial charge in [0.25, 0.3) is 5.92 Å². The lowest BCUT2D eigenvalue weighted by Gasteiger charge is -2.37. The molecule has 0 bridgehead atoms. The van der Waals surface area contributed by atoms with Crippen LogP contribution < -0.4 is 10.2 Å². The Morgan fingerprint density at radius 2 is 1.83 bits per heavy atom. The molecule has 3 fully saturated rings. The topological polar surface area (TPSA) is 105 Å². The van der Waals surface area contributed by atoms with Crippen molar-refractivity contribution in [3.8, 4) is 0 Å². The van der Waals surface area contributed by atoms with Crippen molar-refractivity contribution in [1.29, 1.82) is 0 Å². The van der Waals surface area contributed by atoms with Crippen LogP contribution in [-0.4, -0.2) is 71.4 Å². The first-order chi connectivity index (χ1) is 13.9. The van der Waals surface area contributed by atoms with Gasteiger partial charge in [-0.25, -0.2) is 23.5 Å². The van der Waals surface area contributed by atoms with E-state index in [1.165, 1.54) is 0 Å². The van der Waals surface area contributed by atoms with Crippen molar-refractivity contribution in [1.82, 2.24) is 15.3 Å². The van der Waals surface area contributed by atoms with Crippen LogP contribution in [0.1, 0.15) is 12.8 Å². The van der Waals surface area contributed by atoms with E-state index in [0.717, 1.165) is 0 Å². The minimum absolute atomic E-state index is 0.0342. The second kappa shape index (κ2) is 7.93. The second-order valence-corrected chi connectivity index (χ2v) is 7.54. The first-order valence-corrected chi connectivity index (χ1v) is 9.02. The van der Waals surface area contributed by atoms with Crippen LogP contribution in [0, 0.1) is 11.3 Å². The number of aliphatic carboxylic acids is 1. The van der Waals surface area contributed by atoms with Gasteiger partial charge in [-0.15, -0.1) is 0 Å². The molecule has 2 atom stereocenters. The number of carbonyl (C=O) groups excluding carboxylic acids is 1. The highest BCUT2D eigenvalue weighted by atomic mass is 19.4. The molecule has 30 heavy (non-hydrogen) atoms. The number of hydrogen-bond acceptors (Lipinski definition) is 6. The summed E-state index contributed by atoms with van der Waals surface area (Å²) < 4.78 is 63.2. The van der Waals surface area contributed by atoms with Gasteiger partial charge in [-0.05, 0) is 6.07 Å². The van der Waals surface area contributed by atoms with Crippen molar-refractivity contribution < 1.29 is 41.4 Å². The van der Waals surface area contributed by atoms with Crippen molar-refractivity contribution >= 4 is 17.8 Å². The summed E-state index contributed by atoms with van der Waals surface area (Å²) in [6.07, 6.45) is -2.30. The summed E-state index contributed by atoms with van der Waals surface area (Å²) in [7, 11) is 0. The third-order valence-electron chi connectivity index (χ3n) is 5.33. The molecule has 2 aliphatic heterocycles. The number of alkyl halides is 5. The Balaban J connectivity index is 0.000000318. The molecule has 3 heterocycles. The van der Waals surface area contributed by atoms with Crippen LogP contribution in [0.15, 0.2) is 18.5 Å². The summed E-state index contributed by atoms with van der Waals surface area (Å²) in [5, 5.41) is 9.91. The number of nitrogens with one attached hydrogen (secondary N) is 1. The van der Waals surface area contributed by atoms with Gasteiger partial charge in [-0.1, -0.05) is 0 Å². The summed E-state index contributed by atoms with van der Waals surface area (Å²) >= 11 is 0. The van der Waals surface area contributed by atoms with Gasteiger partial charge in [0.2, 0.25) is 11.9 Å². The Hall–Kier alpha value is -2.57. The molecule has 2 N–H and O–H groups in total. The fourth-order valence-electron chi connectivity index (χ4n) is 3.76. The van der Waals surface area contributed by atoms with Crippen molar-refractivity contribution in [3.63, 3.8) is 0 Å². The zero-order valence-corrected chi connectivity index (χ0v) is 15.5. The number of fused-ring (bicyclic) bond motifs is 1. The predicted octanol–water partition coefficient (Wildman–Crippen LogP) is 1.48. The molecular formula is C17H19F5N4O4. The standard InChI is InChI=1S/C15H18F2N4O2.C2HF3O2/c16-15(17)4-11(5-15)20-12(22)14-8-21(6-10(14)7-23-9-14)13-18-2-1-3-19-13;3-2(4,5)1(6)7/h1-3,10-11H,4-9H2,(H,20,22);(H,6,7)/t10-,14-;/m1./s1. The van der Waals surface area contributed by atoms with E-state index in [1.807, 2.05) is 4.90 Å². The fourth-order valence-corrected chi connectivity index (χ4v) is 3.76. The third kappa shape index (κ3) is 4.60. The summed E-state index contributed by atoms with van der Waals surface area (Å²) in [4.78, 5) is 32.1. The number of carboxylic acids is 1. The Morgan fingerprint density at radius 3 is 2.37 bits per heavy atom. The molecule has 0 spiro atoms. The molecule has 4 rings (SSSR count). The summed E-state index contributed by atoms with van der Waals surface area (Å²) in [5.41, 5.74) is -0.690. The van der Waals surface area contributed by atoms with Gasteiger partial charge in [0.1, 0.15) is 0 Å². The van der Waals surface area contributed by atoms with Crippen LogP contribution in [-0.2, 0) is 14.3 Å². The smallest absolute Gasteiger partial charge is 0.475 e. The first-order valence-electron chi connectivity index (χ1n) is 9.02. The van der Waals surface area contributed by atoms with E-state index in [4.69, 9.17) is 14.6 Å². The number of rotatable bonds is 3. The van der Waals surface area contributed by atoms with E-state index in [1.54, 1.807) is 18.5 Å². The number of carbonyl (C=O) groups is 2. The molecule has 13 heteroatoms. The van der Waals surface area contributed by atoms with E-state index >= 15 is 0 Å². The minimum atomic E-state index is -5.08. The SMILES string of the molecule is O=C(NC1CC(F)(F)C1)[C@]12COC[C@H]1CN(c1ncccn1)C2.O=C(O)C(F)(F)F. The fraction of sp³-hybridized carbons (Fsp3) is 0.647. The van der Waals surface area contributed by atoms with Crippen LogP contribution in [0.3, 0.4) is 0 Å². The quantitative estimate of drug-likeness (QED) is 0.689. The van der Waals surface area contributed by atoms with Gasteiger partial charge in [-0.2, -0.15) is 13.2 Å². The Bertz CT molecular complexity index is 786. The average molecular weight is 438 g/mol. The van der Waals surface area contributed by atoms with E-state index in [2.05, 4.69) is 15.3 Å². The normalized spacial score (nSPS) is 27.5. The van der Waals surface area contributed by atoms with Gasteiger partial charge < -0.3 is 20.1 Å². The highest BCUT2D eigenvalue weighted by molar-refractivity contribution is 5.85. The maximum absolute atomic E-state index is 13.0. The maximum Gasteiger partial charge on any atom is 0.490 e. The number of amides is 1. The zero-order valence-electron chi connectivity index (χ0n) is 15.5. The average Bonchev–Trinajstić information content (AvgIpc) is 3.19. The van der Waals surface area contributed by atoms with Crippen molar-refractivity contribution in [2.45, 2.75) is 31.0 Å². The lowest BCUT2D eigenvalue weighted by atomic mass is 9.79. The van der Waals surface area contributed by atoms with E-state index in [0.29, 0.717) is 32.3 Å². The highest BCUT2D eigenvalue weighted by Gasteiger charge is 2.57. The minimum Gasteiger partial charge on any atom is -0.475 e. The van der Waals surface area contributed by atoms with E-state index in [-0.39, 0.29) is 24.7 Å². The van der Waals surface area contributed by atoms with Crippen LogP contribution in [0.2, 0.25) is 0 Å². The van der Waals surface area contributed by atoms with Gasteiger partial charge in [-0.3, -0.25) is 4.79 Å². The number of hydrogen-bond donors (Lipinski definition) is 2. The first kappa shape index (κ1) is 22.1. The Labute approximate surface area is 167 Å². The summed E-state index contributed by atoms with van der Waals surface area (Å²) in [6, 6.07) is 1.30. The molecule has 8 nitrogen and oxygen atoms in total. The highest BCUT2D eigenvalue weighted by Crippen LogP contribution is 2.44. The molecule has 3 aliphatic rings. The zero-order chi connectivity index (χ0) is 22.2. The second-order valence-electron chi connectivity index (χ2n) is 7.54. The number of carboxylic acid groups (broad SMARTS) is 1. The van der Waals surface area contributed by atoms with Crippen molar-refractivity contribution in [2.24, 2.45) is 11.3 Å². The molecular weight excluding hydrogens is 419 g/mol. The van der Waals surface area contributed by atoms with Crippen molar-refractivity contribution in [3.05, 3.63) is 18.5 Å². The summed E-state index contributed by atoms with van der Waals surface area (Å²) in [5.74, 6) is -4.96. The lowest BCUT2D eigenvalue weighted by molar-refractivity contribution is -0.192. The third-order valence-corrected chi connectivity index (χ3v) is 5.33. The number of halogens is 5. The van der Waals surface area contributed by atoms with Gasteiger partial charge >= 0.3 is 12.1 Å². The molecule has 0 aromatic carbocycles. The number of aromatic nitrogens is 2. The molecule has 0 unspecified atom stereocenters. The molecule has 166 valence electrons. The molecule has 1 aromatic rings. The van der Waals surface area contributed by atoms with Crippen molar-refractivity contribution in [2.75, 3.05) is 31.2 Å². The predicted molar refractivity (Wildman–Crippen MR) is 90.8 cm³/mol. The van der Waals surface area contributed by atoms with E-state index in [9.17, 15) is 26.7 Å². The number of anilines is 1. The van der Waals surface area contributed by atoms with Gasteiger partial charge in [0, 0.05) is 50.3 Å². The molecule has 1 saturated carbocycles. The molecule has 1 amide bonds. The Morgan fingerprint density at radius 1 is 1.23 bits per heavy atom. The Kier molecular flexibility index (Phi) is 5.85. The number of ether oxygens (including phenoxy) is 1.